The molecule has 0 saturated heterocycles. The molecule has 1 aromatic heterocycles. The highest BCUT2D eigenvalue weighted by Gasteiger charge is 2.33. The third-order valence-corrected chi connectivity index (χ3v) is 6.32. The van der Waals surface area contributed by atoms with Crippen molar-refractivity contribution in [3.8, 4) is 0 Å². The predicted octanol–water partition coefficient (Wildman–Crippen LogP) is 6.21. The van der Waals surface area contributed by atoms with Gasteiger partial charge in [0.15, 0.2) is 5.82 Å². The van der Waals surface area contributed by atoms with Crippen LogP contribution >= 0.6 is 0 Å². The monoisotopic (exact) mass is 470 g/mol. The molecule has 2 heterocycles. The maximum absolute atomic E-state index is 13.4. The number of rotatable bonds is 4. The van der Waals surface area contributed by atoms with Crippen LogP contribution in [0.15, 0.2) is 42.5 Å². The van der Waals surface area contributed by atoms with E-state index in [-0.39, 0.29) is 5.56 Å². The van der Waals surface area contributed by atoms with Gasteiger partial charge in [-0.25, -0.2) is 4.79 Å². The van der Waals surface area contributed by atoms with Crippen molar-refractivity contribution >= 4 is 28.3 Å². The fourth-order valence-corrected chi connectivity index (χ4v) is 4.41. The van der Waals surface area contributed by atoms with Gasteiger partial charge in [0.1, 0.15) is 0 Å². The predicted molar refractivity (Wildman–Crippen MR) is 125 cm³/mol. The Morgan fingerprint density at radius 1 is 1.15 bits per heavy atom. The molecule has 1 aliphatic rings. The summed E-state index contributed by atoms with van der Waals surface area (Å²) in [5.41, 5.74) is 2.79. The van der Waals surface area contributed by atoms with Crippen LogP contribution in [0.5, 0.6) is 0 Å². The normalized spacial score (nSPS) is 15.2. The Kier molecular flexibility index (Phi) is 6.20. The zero-order chi connectivity index (χ0) is 24.6. The minimum atomic E-state index is -4.42. The molecule has 9 heteroatoms. The number of hydrogen-bond donors (Lipinski definition) is 2. The second kappa shape index (κ2) is 8.96. The van der Waals surface area contributed by atoms with E-state index in [1.54, 1.807) is 13.0 Å². The van der Waals surface area contributed by atoms with E-state index >= 15 is 0 Å². The van der Waals surface area contributed by atoms with E-state index in [0.29, 0.717) is 30.9 Å². The molecule has 34 heavy (non-hydrogen) atoms. The van der Waals surface area contributed by atoms with E-state index in [1.165, 1.54) is 17.9 Å². The van der Waals surface area contributed by atoms with Crippen molar-refractivity contribution in [2.75, 3.05) is 18.4 Å². The summed E-state index contributed by atoms with van der Waals surface area (Å²) in [6.07, 6.45) is -2.86. The van der Waals surface area contributed by atoms with E-state index in [2.05, 4.69) is 15.5 Å². The maximum atomic E-state index is 13.4. The van der Waals surface area contributed by atoms with Crippen LogP contribution in [0.4, 0.5) is 23.8 Å². The van der Waals surface area contributed by atoms with Gasteiger partial charge in [-0.2, -0.15) is 18.3 Å². The Hall–Kier alpha value is -3.62. The fourth-order valence-electron chi connectivity index (χ4n) is 4.41. The molecular weight excluding hydrogens is 445 g/mol. The Morgan fingerprint density at radius 2 is 1.91 bits per heavy atom. The average Bonchev–Trinajstić information content (AvgIpc) is 2.80. The van der Waals surface area contributed by atoms with Crippen molar-refractivity contribution in [1.29, 1.82) is 0 Å². The number of nitrogens with one attached hydrogen (secondary N) is 1. The zero-order valence-corrected chi connectivity index (χ0v) is 19.1. The van der Waals surface area contributed by atoms with E-state index in [4.69, 9.17) is 0 Å². The van der Waals surface area contributed by atoms with Crippen molar-refractivity contribution in [2.24, 2.45) is 0 Å². The number of hydrogen-bond acceptors (Lipinski definition) is 4. The van der Waals surface area contributed by atoms with Crippen LogP contribution in [0.1, 0.15) is 47.3 Å². The average molecular weight is 470 g/mol. The van der Waals surface area contributed by atoms with E-state index in [9.17, 15) is 23.1 Å². The van der Waals surface area contributed by atoms with Gasteiger partial charge in [-0.3, -0.25) is 0 Å². The lowest BCUT2D eigenvalue weighted by Gasteiger charge is -2.24. The number of halogens is 3. The number of amides is 1. The smallest absolute Gasteiger partial charge is 0.416 e. The third-order valence-electron chi connectivity index (χ3n) is 6.32. The van der Waals surface area contributed by atoms with Crippen LogP contribution in [0.3, 0.4) is 0 Å². The molecule has 0 radical (unpaired) electrons. The van der Waals surface area contributed by atoms with E-state index in [0.717, 1.165) is 33.7 Å². The van der Waals surface area contributed by atoms with E-state index < -0.39 is 23.9 Å². The van der Waals surface area contributed by atoms with E-state index in [1.807, 2.05) is 31.2 Å². The number of anilines is 1. The topological polar surface area (TPSA) is 78.4 Å². The highest BCUT2D eigenvalue weighted by atomic mass is 19.4. The number of nitrogens with zero attached hydrogens (tertiary/aromatic N) is 3. The molecule has 2 N–H and O–H groups in total. The number of carboxylic acid groups (broad SMARTS) is 1. The van der Waals surface area contributed by atoms with Crippen LogP contribution < -0.4 is 5.32 Å². The van der Waals surface area contributed by atoms with Gasteiger partial charge in [0.2, 0.25) is 0 Å². The highest BCUT2D eigenvalue weighted by Crippen LogP contribution is 2.36. The summed E-state index contributed by atoms with van der Waals surface area (Å²) in [4.78, 5) is 12.5. The lowest BCUT2D eigenvalue weighted by atomic mass is 9.96. The third kappa shape index (κ3) is 4.55. The molecule has 0 aliphatic carbocycles. The van der Waals surface area contributed by atoms with Crippen molar-refractivity contribution in [3.63, 3.8) is 0 Å². The number of aromatic nitrogens is 2. The number of aryl methyl sites for hydroxylation is 1. The van der Waals surface area contributed by atoms with Gasteiger partial charge >= 0.3 is 12.3 Å². The summed E-state index contributed by atoms with van der Waals surface area (Å²) in [6.45, 7) is 5.87. The Morgan fingerprint density at radius 3 is 2.56 bits per heavy atom. The van der Waals surface area contributed by atoms with Crippen molar-refractivity contribution in [2.45, 2.75) is 39.4 Å². The first-order valence-corrected chi connectivity index (χ1v) is 10.9. The van der Waals surface area contributed by atoms with Gasteiger partial charge in [-0.15, -0.1) is 5.10 Å². The SMILES string of the molecule is Cc1c([C@@H](C)Nc2nnc(C)c3ccc(C4=CCN(C(=O)O)CC4)cc23)cccc1C(F)(F)F. The van der Waals surface area contributed by atoms with Crippen molar-refractivity contribution in [3.05, 3.63) is 70.4 Å². The molecule has 0 saturated carbocycles. The summed E-state index contributed by atoms with van der Waals surface area (Å²) in [6, 6.07) is 9.64. The second-order valence-electron chi connectivity index (χ2n) is 8.49. The van der Waals surface area contributed by atoms with Gasteiger partial charge in [0, 0.05) is 23.9 Å². The summed E-state index contributed by atoms with van der Waals surface area (Å²) in [5.74, 6) is 0.482. The molecule has 0 bridgehead atoms. The molecule has 1 atom stereocenters. The molecule has 1 aliphatic heterocycles. The number of carbonyl (C=O) groups is 1. The van der Waals surface area contributed by atoms with Gasteiger partial charge in [-0.05, 0) is 61.6 Å². The van der Waals surface area contributed by atoms with Gasteiger partial charge < -0.3 is 15.3 Å². The summed E-state index contributed by atoms with van der Waals surface area (Å²) in [5, 5.41) is 22.7. The fraction of sp³-hybridized carbons (Fsp3) is 0.320. The van der Waals surface area contributed by atoms with Gasteiger partial charge in [0.25, 0.3) is 0 Å². The van der Waals surface area contributed by atoms with Crippen LogP contribution in [-0.2, 0) is 6.18 Å². The Labute approximate surface area is 195 Å². The molecule has 2 aromatic carbocycles. The van der Waals surface area contributed by atoms with Crippen LogP contribution in [0.25, 0.3) is 16.3 Å². The Balaban J connectivity index is 1.69. The molecule has 6 nitrogen and oxygen atoms in total. The maximum Gasteiger partial charge on any atom is 0.416 e. The molecule has 3 aromatic rings. The first kappa shape index (κ1) is 23.5. The zero-order valence-electron chi connectivity index (χ0n) is 19.1. The van der Waals surface area contributed by atoms with Crippen molar-refractivity contribution in [1.82, 2.24) is 15.1 Å². The lowest BCUT2D eigenvalue weighted by Crippen LogP contribution is -2.33. The molecule has 178 valence electrons. The van der Waals surface area contributed by atoms with Gasteiger partial charge in [0.05, 0.1) is 17.3 Å². The number of alkyl halides is 3. The molecular formula is C25H25F3N4O2. The highest BCUT2D eigenvalue weighted by molar-refractivity contribution is 5.95. The molecule has 1 amide bonds. The quantitative estimate of drug-likeness (QED) is 0.474. The molecule has 4 rings (SSSR count). The summed E-state index contributed by atoms with van der Waals surface area (Å²) in [7, 11) is 0. The Bertz CT molecular complexity index is 1290. The standard InChI is InChI=1S/C25H25F3N4O2/c1-14-19(5-4-6-22(14)25(26,27)28)15(2)29-23-21-13-18(7-8-20(21)16(3)30-31-23)17-9-11-32(12-10-17)24(33)34/h4-9,13,15H,10-12H2,1-3H3,(H,29,31)(H,33,34)/t15-/m1/s1. The van der Waals surface area contributed by atoms with Crippen LogP contribution in [0.2, 0.25) is 0 Å². The number of benzene rings is 2. The lowest BCUT2D eigenvalue weighted by molar-refractivity contribution is -0.138. The minimum absolute atomic E-state index is 0.176. The van der Waals surface area contributed by atoms with Crippen LogP contribution in [-0.4, -0.2) is 39.4 Å². The van der Waals surface area contributed by atoms with Gasteiger partial charge in [-0.1, -0.05) is 30.3 Å². The first-order valence-electron chi connectivity index (χ1n) is 10.9. The molecule has 0 fully saturated rings. The summed E-state index contributed by atoms with van der Waals surface area (Å²) < 4.78 is 40.1. The molecule has 0 spiro atoms. The molecule has 0 unspecified atom stereocenters. The van der Waals surface area contributed by atoms with Crippen molar-refractivity contribution < 1.29 is 23.1 Å². The number of fused-ring (bicyclic) bond motifs is 1. The largest absolute Gasteiger partial charge is 0.465 e. The van der Waals surface area contributed by atoms with Crippen LogP contribution in [0, 0.1) is 13.8 Å². The minimum Gasteiger partial charge on any atom is -0.465 e. The first-order chi connectivity index (χ1) is 16.1. The summed E-state index contributed by atoms with van der Waals surface area (Å²) >= 11 is 0. The second-order valence-corrected chi connectivity index (χ2v) is 8.49.